The number of phenols is 1. The molecule has 0 radical (unpaired) electrons. The van der Waals surface area contributed by atoms with Gasteiger partial charge in [-0.2, -0.15) is 4.98 Å². The lowest BCUT2D eigenvalue weighted by Crippen LogP contribution is -2.17. The number of phenolic OH excluding ortho intramolecular Hbond substituents is 1. The predicted octanol–water partition coefficient (Wildman–Crippen LogP) is 1.42. The number of aromatic nitrogens is 2. The molecule has 2 N–H and O–H groups in total. The molecule has 1 aromatic heterocycles. The molecule has 1 heterocycles. The molecule has 0 aliphatic heterocycles. The van der Waals surface area contributed by atoms with Gasteiger partial charge in [-0.05, 0) is 13.0 Å². The minimum absolute atomic E-state index is 0.322. The molecular formula is C12H15N3O2. The largest absolute Gasteiger partial charge is 0.508 e. The zero-order valence-corrected chi connectivity index (χ0v) is 9.68. The fourth-order valence-corrected chi connectivity index (χ4v) is 1.58. The van der Waals surface area contributed by atoms with Gasteiger partial charge in [0.2, 0.25) is 6.39 Å². The zero-order chi connectivity index (χ0) is 12.1. The minimum Gasteiger partial charge on any atom is -0.508 e. The summed E-state index contributed by atoms with van der Waals surface area (Å²) in [7, 11) is 0. The van der Waals surface area contributed by atoms with Gasteiger partial charge in [0.1, 0.15) is 5.75 Å². The highest BCUT2D eigenvalue weighted by Gasteiger charge is 2.02. The summed E-state index contributed by atoms with van der Waals surface area (Å²) in [5.41, 5.74) is 2.04. The highest BCUT2D eigenvalue weighted by atomic mass is 16.5. The summed E-state index contributed by atoms with van der Waals surface area (Å²) >= 11 is 0. The first kappa shape index (κ1) is 11.6. The van der Waals surface area contributed by atoms with Crippen molar-refractivity contribution in [1.82, 2.24) is 15.5 Å². The van der Waals surface area contributed by atoms with Crippen molar-refractivity contribution in [3.8, 4) is 5.75 Å². The van der Waals surface area contributed by atoms with E-state index in [-0.39, 0.29) is 0 Å². The van der Waals surface area contributed by atoms with Crippen LogP contribution in [0.2, 0.25) is 0 Å². The summed E-state index contributed by atoms with van der Waals surface area (Å²) in [5, 5.41) is 16.6. The van der Waals surface area contributed by atoms with Crippen molar-refractivity contribution in [2.75, 3.05) is 6.54 Å². The standard InChI is InChI=1S/C12H15N3O2/c1-9-2-3-11(16)10(6-9)7-13-5-4-12-14-8-17-15-12/h2-3,6,8,13,16H,4-5,7H2,1H3. The molecule has 2 rings (SSSR count). The van der Waals surface area contributed by atoms with Crippen LogP contribution < -0.4 is 5.32 Å². The van der Waals surface area contributed by atoms with Gasteiger partial charge in [0.25, 0.3) is 0 Å². The van der Waals surface area contributed by atoms with Crippen molar-refractivity contribution in [2.45, 2.75) is 19.9 Å². The molecule has 0 saturated carbocycles. The van der Waals surface area contributed by atoms with Gasteiger partial charge in [-0.25, -0.2) is 0 Å². The van der Waals surface area contributed by atoms with E-state index >= 15 is 0 Å². The second kappa shape index (κ2) is 5.45. The lowest BCUT2D eigenvalue weighted by Gasteiger charge is -2.06. The third-order valence-electron chi connectivity index (χ3n) is 2.48. The van der Waals surface area contributed by atoms with Crippen LogP contribution in [0.25, 0.3) is 0 Å². The van der Waals surface area contributed by atoms with Gasteiger partial charge in [0.05, 0.1) is 0 Å². The van der Waals surface area contributed by atoms with E-state index in [0.29, 0.717) is 24.5 Å². The van der Waals surface area contributed by atoms with E-state index in [1.807, 2.05) is 19.1 Å². The van der Waals surface area contributed by atoms with E-state index in [1.54, 1.807) is 6.07 Å². The second-order valence-electron chi connectivity index (χ2n) is 3.91. The number of hydrogen-bond acceptors (Lipinski definition) is 5. The monoisotopic (exact) mass is 233 g/mol. The van der Waals surface area contributed by atoms with Crippen molar-refractivity contribution in [3.63, 3.8) is 0 Å². The van der Waals surface area contributed by atoms with Crippen LogP contribution in [0.15, 0.2) is 29.1 Å². The van der Waals surface area contributed by atoms with Crippen LogP contribution in [-0.4, -0.2) is 21.8 Å². The Kier molecular flexibility index (Phi) is 3.72. The molecule has 0 spiro atoms. The molecule has 2 aromatic rings. The number of hydrogen-bond donors (Lipinski definition) is 2. The highest BCUT2D eigenvalue weighted by molar-refractivity contribution is 5.35. The summed E-state index contributed by atoms with van der Waals surface area (Å²) in [4.78, 5) is 3.93. The molecule has 0 bridgehead atoms. The van der Waals surface area contributed by atoms with Crippen LogP contribution in [0.3, 0.4) is 0 Å². The topological polar surface area (TPSA) is 71.2 Å². The molecule has 0 saturated heterocycles. The van der Waals surface area contributed by atoms with Crippen LogP contribution in [0.4, 0.5) is 0 Å². The van der Waals surface area contributed by atoms with Gasteiger partial charge in [0, 0.05) is 25.1 Å². The van der Waals surface area contributed by atoms with Gasteiger partial charge in [0.15, 0.2) is 5.82 Å². The summed E-state index contributed by atoms with van der Waals surface area (Å²) in [6, 6.07) is 5.57. The van der Waals surface area contributed by atoms with Gasteiger partial charge in [-0.15, -0.1) is 0 Å². The average molecular weight is 233 g/mol. The molecule has 0 amide bonds. The van der Waals surface area contributed by atoms with Crippen LogP contribution >= 0.6 is 0 Å². The predicted molar refractivity (Wildman–Crippen MR) is 62.6 cm³/mol. The third-order valence-corrected chi connectivity index (χ3v) is 2.48. The molecule has 1 aromatic carbocycles. The Bertz CT molecular complexity index is 469. The Morgan fingerprint density at radius 2 is 2.29 bits per heavy atom. The second-order valence-corrected chi connectivity index (χ2v) is 3.91. The molecule has 0 atom stereocenters. The quantitative estimate of drug-likeness (QED) is 0.764. The lowest BCUT2D eigenvalue weighted by molar-refractivity contribution is 0.409. The average Bonchev–Trinajstić information content (AvgIpc) is 2.82. The van der Waals surface area contributed by atoms with Crippen molar-refractivity contribution < 1.29 is 9.63 Å². The van der Waals surface area contributed by atoms with Crippen LogP contribution in [0.5, 0.6) is 5.75 Å². The smallest absolute Gasteiger partial charge is 0.213 e. The van der Waals surface area contributed by atoms with Crippen LogP contribution in [0.1, 0.15) is 17.0 Å². The number of rotatable bonds is 5. The van der Waals surface area contributed by atoms with Crippen molar-refractivity contribution >= 4 is 0 Å². The Balaban J connectivity index is 1.80. The van der Waals surface area contributed by atoms with Gasteiger partial charge in [-0.1, -0.05) is 22.9 Å². The molecule has 0 fully saturated rings. The fraction of sp³-hybridized carbons (Fsp3) is 0.333. The SMILES string of the molecule is Cc1ccc(O)c(CNCCc2ncon2)c1. The van der Waals surface area contributed by atoms with Crippen LogP contribution in [0, 0.1) is 6.92 Å². The Hall–Kier alpha value is -1.88. The van der Waals surface area contributed by atoms with Gasteiger partial charge >= 0.3 is 0 Å². The molecule has 0 unspecified atom stereocenters. The molecule has 17 heavy (non-hydrogen) atoms. The number of aryl methyl sites for hydroxylation is 1. The summed E-state index contributed by atoms with van der Waals surface area (Å²) in [5.74, 6) is 1.01. The Labute approximate surface area is 99.5 Å². The molecule has 5 heteroatoms. The third kappa shape index (κ3) is 3.29. The molecule has 5 nitrogen and oxygen atoms in total. The van der Waals surface area contributed by atoms with E-state index < -0.39 is 0 Å². The minimum atomic E-state index is 0.322. The van der Waals surface area contributed by atoms with Crippen molar-refractivity contribution in [2.24, 2.45) is 0 Å². The summed E-state index contributed by atoms with van der Waals surface area (Å²) in [6.45, 7) is 3.38. The van der Waals surface area contributed by atoms with Crippen LogP contribution in [-0.2, 0) is 13.0 Å². The first-order valence-corrected chi connectivity index (χ1v) is 5.50. The maximum atomic E-state index is 9.64. The Morgan fingerprint density at radius 1 is 1.41 bits per heavy atom. The summed E-state index contributed by atoms with van der Waals surface area (Å²) in [6.07, 6.45) is 2.03. The van der Waals surface area contributed by atoms with E-state index in [9.17, 15) is 5.11 Å². The van der Waals surface area contributed by atoms with E-state index in [1.165, 1.54) is 6.39 Å². The number of nitrogens with zero attached hydrogens (tertiary/aromatic N) is 2. The fourth-order valence-electron chi connectivity index (χ4n) is 1.58. The summed E-state index contributed by atoms with van der Waals surface area (Å²) < 4.78 is 4.64. The maximum absolute atomic E-state index is 9.64. The number of aromatic hydroxyl groups is 1. The molecule has 0 aliphatic rings. The maximum Gasteiger partial charge on any atom is 0.213 e. The highest BCUT2D eigenvalue weighted by Crippen LogP contribution is 2.17. The molecule has 0 aliphatic carbocycles. The lowest BCUT2D eigenvalue weighted by atomic mass is 10.1. The number of nitrogens with one attached hydrogen (secondary N) is 1. The van der Waals surface area contributed by atoms with Crippen molar-refractivity contribution in [1.29, 1.82) is 0 Å². The number of benzene rings is 1. The first-order chi connectivity index (χ1) is 8.25. The van der Waals surface area contributed by atoms with Crippen molar-refractivity contribution in [3.05, 3.63) is 41.5 Å². The van der Waals surface area contributed by atoms with E-state index in [2.05, 4.69) is 20.0 Å². The Morgan fingerprint density at radius 3 is 3.06 bits per heavy atom. The van der Waals surface area contributed by atoms with E-state index in [0.717, 1.165) is 17.7 Å². The van der Waals surface area contributed by atoms with Gasteiger partial charge in [-0.3, -0.25) is 0 Å². The van der Waals surface area contributed by atoms with Gasteiger partial charge < -0.3 is 14.9 Å². The molecular weight excluding hydrogens is 218 g/mol. The van der Waals surface area contributed by atoms with E-state index in [4.69, 9.17) is 0 Å². The normalized spacial score (nSPS) is 10.6. The first-order valence-electron chi connectivity index (χ1n) is 5.50. The molecule has 90 valence electrons. The zero-order valence-electron chi connectivity index (χ0n) is 9.68.